The number of methoxy groups -OCH3 is 1. The van der Waals surface area contributed by atoms with Crippen molar-refractivity contribution in [3.8, 4) is 5.88 Å². The Hall–Kier alpha value is -2.02. The predicted octanol–water partition coefficient (Wildman–Crippen LogP) is -0.0131. The van der Waals surface area contributed by atoms with Gasteiger partial charge in [0.25, 0.3) is 0 Å². The van der Waals surface area contributed by atoms with Crippen molar-refractivity contribution < 1.29 is 4.74 Å². The smallest absolute Gasteiger partial charge is 0.212 e. The van der Waals surface area contributed by atoms with Crippen LogP contribution in [0.1, 0.15) is 11.4 Å². The summed E-state index contributed by atoms with van der Waals surface area (Å²) in [4.78, 5) is 5.67. The fourth-order valence-corrected chi connectivity index (χ4v) is 1.84. The van der Waals surface area contributed by atoms with Crippen molar-refractivity contribution in [1.29, 1.82) is 0 Å². The number of nitrogens with one attached hydrogen (secondary N) is 1. The third-order valence-electron chi connectivity index (χ3n) is 2.88. The molecule has 1 N–H and O–H groups in total. The first-order valence-corrected chi connectivity index (χ1v) is 6.10. The lowest BCUT2D eigenvalue weighted by molar-refractivity contribution is 0.397. The summed E-state index contributed by atoms with van der Waals surface area (Å²) in [5.41, 5.74) is 1.14. The van der Waals surface area contributed by atoms with Crippen LogP contribution in [-0.4, -0.2) is 45.4 Å². The lowest BCUT2D eigenvalue weighted by Crippen LogP contribution is -2.30. The number of aryl methyl sites for hydroxylation is 1. The molecule has 0 saturated carbocycles. The van der Waals surface area contributed by atoms with E-state index in [1.165, 1.54) is 4.80 Å². The first-order valence-electron chi connectivity index (χ1n) is 6.10. The Morgan fingerprint density at radius 2 is 2.21 bits per heavy atom. The minimum atomic E-state index is 0.249. The van der Waals surface area contributed by atoms with Gasteiger partial charge in [0, 0.05) is 24.7 Å². The topological polar surface area (TPSA) is 77.8 Å². The molecule has 0 bridgehead atoms. The van der Waals surface area contributed by atoms with Crippen LogP contribution in [0.25, 0.3) is 0 Å². The summed E-state index contributed by atoms with van der Waals surface area (Å²) in [5.74, 6) is 1.36. The van der Waals surface area contributed by atoms with E-state index in [4.69, 9.17) is 4.74 Å². The van der Waals surface area contributed by atoms with Gasteiger partial charge in [-0.25, -0.2) is 4.98 Å². The second-order valence-corrected chi connectivity index (χ2v) is 4.30. The van der Waals surface area contributed by atoms with Crippen molar-refractivity contribution in [2.75, 3.05) is 14.2 Å². The Balaban J connectivity index is 1.97. The number of aromatic nitrogens is 5. The molecule has 0 aliphatic rings. The van der Waals surface area contributed by atoms with E-state index in [9.17, 15) is 0 Å². The third-order valence-corrected chi connectivity index (χ3v) is 2.88. The number of likely N-dealkylation sites (N-methyl/N-ethyl adjacent to an activating group) is 1. The highest BCUT2D eigenvalue weighted by molar-refractivity contribution is 5.18. The van der Waals surface area contributed by atoms with Crippen molar-refractivity contribution in [2.45, 2.75) is 18.9 Å². The summed E-state index contributed by atoms with van der Waals surface area (Å²) in [6, 6.07) is 4.13. The molecule has 2 aromatic rings. The lowest BCUT2D eigenvalue weighted by Gasteiger charge is -2.14. The predicted molar refractivity (Wildman–Crippen MR) is 69.8 cm³/mol. The molecule has 0 radical (unpaired) electrons. The first kappa shape index (κ1) is 13.4. The summed E-state index contributed by atoms with van der Waals surface area (Å²) >= 11 is 0. The minimum Gasteiger partial charge on any atom is -0.481 e. The zero-order valence-corrected chi connectivity index (χ0v) is 11.4. The number of hydrogen-bond acceptors (Lipinski definition) is 6. The number of pyridine rings is 1. The Morgan fingerprint density at radius 3 is 2.74 bits per heavy atom. The molecule has 0 aromatic carbocycles. The Bertz CT molecular complexity index is 509. The fourth-order valence-electron chi connectivity index (χ4n) is 1.84. The van der Waals surface area contributed by atoms with Gasteiger partial charge in [-0.05, 0) is 24.2 Å². The largest absolute Gasteiger partial charge is 0.481 e. The molecule has 102 valence electrons. The normalized spacial score (nSPS) is 12.4. The number of tetrazole rings is 1. The molecular weight excluding hydrogens is 244 g/mol. The van der Waals surface area contributed by atoms with E-state index in [1.807, 2.05) is 25.4 Å². The van der Waals surface area contributed by atoms with E-state index in [1.54, 1.807) is 14.2 Å². The number of ether oxygens (including phenoxy) is 1. The summed E-state index contributed by atoms with van der Waals surface area (Å²) in [6.45, 7) is 0. The van der Waals surface area contributed by atoms with E-state index in [2.05, 4.69) is 25.7 Å². The zero-order chi connectivity index (χ0) is 13.7. The van der Waals surface area contributed by atoms with Gasteiger partial charge in [0.2, 0.25) is 5.88 Å². The van der Waals surface area contributed by atoms with Gasteiger partial charge in [0.15, 0.2) is 5.82 Å². The van der Waals surface area contributed by atoms with Gasteiger partial charge in [-0.3, -0.25) is 0 Å². The number of rotatable bonds is 6. The molecule has 0 aliphatic carbocycles. The maximum Gasteiger partial charge on any atom is 0.212 e. The van der Waals surface area contributed by atoms with E-state index in [-0.39, 0.29) is 6.04 Å². The van der Waals surface area contributed by atoms with Crippen molar-refractivity contribution in [2.24, 2.45) is 7.05 Å². The quantitative estimate of drug-likeness (QED) is 0.788. The molecule has 1 atom stereocenters. The van der Waals surface area contributed by atoms with Gasteiger partial charge >= 0.3 is 0 Å². The van der Waals surface area contributed by atoms with Gasteiger partial charge in [0.1, 0.15) is 0 Å². The van der Waals surface area contributed by atoms with E-state index in [0.717, 1.165) is 24.2 Å². The molecule has 2 aromatic heterocycles. The lowest BCUT2D eigenvalue weighted by atomic mass is 10.0. The molecule has 7 nitrogen and oxygen atoms in total. The van der Waals surface area contributed by atoms with Crippen molar-refractivity contribution >= 4 is 0 Å². The van der Waals surface area contributed by atoms with Crippen molar-refractivity contribution in [3.63, 3.8) is 0 Å². The third kappa shape index (κ3) is 3.72. The van der Waals surface area contributed by atoms with Crippen LogP contribution in [0.15, 0.2) is 18.3 Å². The monoisotopic (exact) mass is 262 g/mol. The molecule has 2 heterocycles. The van der Waals surface area contributed by atoms with Crippen LogP contribution in [0.3, 0.4) is 0 Å². The maximum atomic E-state index is 5.04. The summed E-state index contributed by atoms with van der Waals surface area (Å²) < 4.78 is 5.04. The summed E-state index contributed by atoms with van der Waals surface area (Å²) in [5, 5.41) is 15.3. The highest BCUT2D eigenvalue weighted by Gasteiger charge is 2.12. The summed E-state index contributed by atoms with van der Waals surface area (Å²) in [6.07, 6.45) is 3.41. The molecule has 0 fully saturated rings. The average Bonchev–Trinajstić information content (AvgIpc) is 2.84. The minimum absolute atomic E-state index is 0.249. The van der Waals surface area contributed by atoms with Crippen molar-refractivity contribution in [3.05, 3.63) is 29.7 Å². The van der Waals surface area contributed by atoms with Crippen LogP contribution < -0.4 is 10.1 Å². The highest BCUT2D eigenvalue weighted by Crippen LogP contribution is 2.10. The molecule has 0 amide bonds. The Kier molecular flexibility index (Phi) is 4.40. The van der Waals surface area contributed by atoms with Gasteiger partial charge < -0.3 is 10.1 Å². The fraction of sp³-hybridized carbons (Fsp3) is 0.500. The molecule has 0 aliphatic heterocycles. The molecule has 1 unspecified atom stereocenters. The van der Waals surface area contributed by atoms with Gasteiger partial charge in [-0.1, -0.05) is 6.07 Å². The molecule has 0 saturated heterocycles. The number of hydrogen-bond donors (Lipinski definition) is 1. The molecule has 0 spiro atoms. The van der Waals surface area contributed by atoms with Crippen LogP contribution in [0, 0.1) is 0 Å². The van der Waals surface area contributed by atoms with Crippen LogP contribution in [0.5, 0.6) is 5.88 Å². The molecule has 2 rings (SSSR count). The highest BCUT2D eigenvalue weighted by atomic mass is 16.5. The van der Waals surface area contributed by atoms with E-state index >= 15 is 0 Å². The first-order chi connectivity index (χ1) is 9.21. The van der Waals surface area contributed by atoms with E-state index < -0.39 is 0 Å². The molecular formula is C12H18N6O. The Morgan fingerprint density at radius 1 is 1.37 bits per heavy atom. The van der Waals surface area contributed by atoms with Crippen molar-refractivity contribution in [1.82, 2.24) is 30.5 Å². The maximum absolute atomic E-state index is 5.04. The zero-order valence-electron chi connectivity index (χ0n) is 11.4. The summed E-state index contributed by atoms with van der Waals surface area (Å²) in [7, 11) is 5.30. The standard InChI is InChI=1S/C12H18N6O/c1-13-10(7-11-15-17-18(2)16-11)6-9-4-5-12(19-3)14-8-9/h4-5,8,10,13H,6-7H2,1-3H3. The van der Waals surface area contributed by atoms with Crippen LogP contribution >= 0.6 is 0 Å². The Labute approximate surface area is 112 Å². The van der Waals surface area contributed by atoms with Crippen LogP contribution in [-0.2, 0) is 19.9 Å². The second kappa shape index (κ2) is 6.24. The van der Waals surface area contributed by atoms with Crippen LogP contribution in [0.4, 0.5) is 0 Å². The molecule has 7 heteroatoms. The average molecular weight is 262 g/mol. The SMILES string of the molecule is CNC(Cc1ccc(OC)nc1)Cc1nnn(C)n1. The van der Waals surface area contributed by atoms with Gasteiger partial charge in [-0.2, -0.15) is 4.80 Å². The van der Waals surface area contributed by atoms with Crippen LogP contribution in [0.2, 0.25) is 0 Å². The second-order valence-electron chi connectivity index (χ2n) is 4.30. The van der Waals surface area contributed by atoms with E-state index in [0.29, 0.717) is 5.88 Å². The number of nitrogens with zero attached hydrogens (tertiary/aromatic N) is 5. The molecule has 19 heavy (non-hydrogen) atoms. The van der Waals surface area contributed by atoms with Gasteiger partial charge in [0.05, 0.1) is 14.2 Å². The van der Waals surface area contributed by atoms with Gasteiger partial charge in [-0.15, -0.1) is 10.2 Å².